The molecule has 156 valence electrons. The van der Waals surface area contributed by atoms with E-state index in [9.17, 15) is 4.79 Å². The third kappa shape index (κ3) is 5.30. The van der Waals surface area contributed by atoms with Gasteiger partial charge in [-0.2, -0.15) is 0 Å². The Kier molecular flexibility index (Phi) is 6.84. The number of halogens is 1. The number of carbonyl (C=O) groups is 1. The lowest BCUT2D eigenvalue weighted by atomic mass is 10.1. The van der Waals surface area contributed by atoms with Crippen molar-refractivity contribution in [3.8, 4) is 0 Å². The minimum absolute atomic E-state index is 0.136. The molecule has 1 aromatic heterocycles. The average molecular weight is 426 g/mol. The van der Waals surface area contributed by atoms with E-state index in [1.807, 2.05) is 24.3 Å². The number of nitrogens with one attached hydrogen (secondary N) is 2. The first-order valence-electron chi connectivity index (χ1n) is 10.5. The first-order chi connectivity index (χ1) is 14.7. The Morgan fingerprint density at radius 3 is 2.63 bits per heavy atom. The van der Waals surface area contributed by atoms with Crippen LogP contribution in [-0.4, -0.2) is 25.5 Å². The second-order valence-corrected chi connectivity index (χ2v) is 8.26. The summed E-state index contributed by atoms with van der Waals surface area (Å²) < 4.78 is 5.73. The minimum atomic E-state index is -0.136. The molecule has 3 aromatic rings. The molecule has 1 fully saturated rings. The molecule has 2 heterocycles. The fraction of sp³-hybridized carbons (Fsp3) is 0.292. The Labute approximate surface area is 182 Å². The van der Waals surface area contributed by atoms with Crippen molar-refractivity contribution >= 4 is 23.2 Å². The second-order valence-electron chi connectivity index (χ2n) is 7.82. The normalized spacial score (nSPS) is 15.2. The quantitative estimate of drug-likeness (QED) is 0.519. The highest BCUT2D eigenvalue weighted by Crippen LogP contribution is 2.14. The summed E-state index contributed by atoms with van der Waals surface area (Å²) in [5.74, 6) is 0.940. The highest BCUT2D eigenvalue weighted by Gasteiger charge is 2.30. The lowest BCUT2D eigenvalue weighted by Gasteiger charge is -2.21. The molecule has 5 nitrogen and oxygen atoms in total. The van der Waals surface area contributed by atoms with Crippen LogP contribution in [0, 0.1) is 0 Å². The summed E-state index contributed by atoms with van der Waals surface area (Å²) in [6.45, 7) is 4.26. The third-order valence-corrected chi connectivity index (χ3v) is 5.95. The van der Waals surface area contributed by atoms with Crippen molar-refractivity contribution in [2.45, 2.75) is 25.4 Å². The van der Waals surface area contributed by atoms with E-state index in [1.54, 1.807) is 35.4 Å². The number of likely N-dealkylation sites (tertiary alicyclic amines) is 1. The molecule has 1 aliphatic heterocycles. The van der Waals surface area contributed by atoms with Gasteiger partial charge in [-0.05, 0) is 48.5 Å². The van der Waals surface area contributed by atoms with Crippen LogP contribution >= 0.6 is 11.6 Å². The van der Waals surface area contributed by atoms with Gasteiger partial charge in [-0.15, -0.1) is 0 Å². The zero-order chi connectivity index (χ0) is 20.8. The monoisotopic (exact) mass is 425 g/mol. The third-order valence-electron chi connectivity index (χ3n) is 5.70. The van der Waals surface area contributed by atoms with Crippen molar-refractivity contribution < 1.29 is 19.4 Å². The van der Waals surface area contributed by atoms with E-state index in [4.69, 9.17) is 16.0 Å². The number of hydrogen-bond donors (Lipinski definition) is 3. The molecule has 4 N–H and O–H groups in total. The molecule has 30 heavy (non-hydrogen) atoms. The lowest BCUT2D eigenvalue weighted by molar-refractivity contribution is -0.936. The van der Waals surface area contributed by atoms with Crippen molar-refractivity contribution in [1.29, 1.82) is 0 Å². The summed E-state index contributed by atoms with van der Waals surface area (Å²) in [7, 11) is 0. The van der Waals surface area contributed by atoms with Crippen LogP contribution in [0.25, 0.3) is 0 Å². The SMILES string of the molecule is O=C(Nc1cccc(C[NH2+]C[C@@H](c2ccco2)[NH+]2CCCC2)c1)c1ccc(Cl)cc1. The Morgan fingerprint density at radius 2 is 1.90 bits per heavy atom. The summed E-state index contributed by atoms with van der Waals surface area (Å²) >= 11 is 5.90. The van der Waals surface area contributed by atoms with E-state index in [0.29, 0.717) is 16.6 Å². The van der Waals surface area contributed by atoms with Crippen LogP contribution in [-0.2, 0) is 6.54 Å². The van der Waals surface area contributed by atoms with Crippen LogP contribution in [0.2, 0.25) is 5.02 Å². The number of hydrogen-bond acceptors (Lipinski definition) is 2. The van der Waals surface area contributed by atoms with Gasteiger partial charge in [-0.3, -0.25) is 4.79 Å². The molecule has 0 aliphatic carbocycles. The van der Waals surface area contributed by atoms with Gasteiger partial charge >= 0.3 is 0 Å². The predicted molar refractivity (Wildman–Crippen MR) is 118 cm³/mol. The van der Waals surface area contributed by atoms with Gasteiger partial charge in [-0.25, -0.2) is 0 Å². The molecule has 6 heteroatoms. The predicted octanol–water partition coefficient (Wildman–Crippen LogP) is 2.67. The summed E-state index contributed by atoms with van der Waals surface area (Å²) in [6.07, 6.45) is 4.36. The average Bonchev–Trinajstić information content (AvgIpc) is 3.47. The van der Waals surface area contributed by atoms with Crippen molar-refractivity contribution in [2.24, 2.45) is 0 Å². The van der Waals surface area contributed by atoms with Crippen LogP contribution in [0.3, 0.4) is 0 Å². The standard InChI is InChI=1S/C24H26ClN3O2/c25-20-10-8-19(9-11-20)24(29)27-21-6-3-5-18(15-21)16-26-17-22(23-7-4-14-30-23)28-12-1-2-13-28/h3-11,14-15,22,26H,1-2,12-13,16-17H2,(H,27,29)/p+2/t22-/m0/s1. The molecule has 0 saturated carbocycles. The highest BCUT2D eigenvalue weighted by atomic mass is 35.5. The van der Waals surface area contributed by atoms with Crippen LogP contribution in [0.4, 0.5) is 5.69 Å². The Hall–Kier alpha value is -2.60. The van der Waals surface area contributed by atoms with E-state index >= 15 is 0 Å². The van der Waals surface area contributed by atoms with Crippen molar-refractivity contribution in [2.75, 3.05) is 25.0 Å². The van der Waals surface area contributed by atoms with Crippen LogP contribution in [0.5, 0.6) is 0 Å². The van der Waals surface area contributed by atoms with E-state index in [1.165, 1.54) is 31.5 Å². The number of rotatable bonds is 8. The molecule has 0 unspecified atom stereocenters. The molecular formula is C24H28ClN3O2+2. The number of benzene rings is 2. The molecule has 1 amide bonds. The molecule has 4 rings (SSSR count). The minimum Gasteiger partial charge on any atom is -0.463 e. The van der Waals surface area contributed by atoms with E-state index in [0.717, 1.165) is 24.5 Å². The maximum absolute atomic E-state index is 12.4. The Balaban J connectivity index is 1.34. The maximum atomic E-state index is 12.4. The van der Waals surface area contributed by atoms with Gasteiger partial charge < -0.3 is 20.0 Å². The topological polar surface area (TPSA) is 63.3 Å². The zero-order valence-corrected chi connectivity index (χ0v) is 17.7. The van der Waals surface area contributed by atoms with Gasteiger partial charge in [0.05, 0.1) is 19.4 Å². The fourth-order valence-electron chi connectivity index (χ4n) is 4.15. The first-order valence-corrected chi connectivity index (χ1v) is 10.9. The smallest absolute Gasteiger partial charge is 0.255 e. The van der Waals surface area contributed by atoms with Crippen molar-refractivity contribution in [3.05, 3.63) is 88.8 Å². The molecule has 0 radical (unpaired) electrons. The number of nitrogens with two attached hydrogens (primary N) is 1. The van der Waals surface area contributed by atoms with E-state index in [-0.39, 0.29) is 5.91 Å². The molecular weight excluding hydrogens is 398 g/mol. The molecule has 1 saturated heterocycles. The Morgan fingerprint density at radius 1 is 1.10 bits per heavy atom. The van der Waals surface area contributed by atoms with Crippen molar-refractivity contribution in [1.82, 2.24) is 0 Å². The van der Waals surface area contributed by atoms with Gasteiger partial charge in [0.25, 0.3) is 5.91 Å². The summed E-state index contributed by atoms with van der Waals surface area (Å²) in [5, 5.41) is 5.92. The van der Waals surface area contributed by atoms with Crippen molar-refractivity contribution in [3.63, 3.8) is 0 Å². The van der Waals surface area contributed by atoms with Gasteiger partial charge in [0.15, 0.2) is 11.8 Å². The highest BCUT2D eigenvalue weighted by molar-refractivity contribution is 6.30. The molecule has 1 aliphatic rings. The second kappa shape index (κ2) is 9.94. The fourth-order valence-corrected chi connectivity index (χ4v) is 4.27. The first kappa shape index (κ1) is 20.7. The van der Waals surface area contributed by atoms with Gasteiger partial charge in [-0.1, -0.05) is 23.7 Å². The summed E-state index contributed by atoms with van der Waals surface area (Å²) in [5.41, 5.74) is 2.57. The lowest BCUT2D eigenvalue weighted by Crippen LogP contribution is -3.13. The molecule has 0 bridgehead atoms. The zero-order valence-electron chi connectivity index (χ0n) is 16.9. The Bertz CT molecular complexity index is 951. The molecule has 0 spiro atoms. The number of quaternary nitrogens is 2. The number of carbonyl (C=O) groups excluding carboxylic acids is 1. The summed E-state index contributed by atoms with van der Waals surface area (Å²) in [6, 6.07) is 19.4. The van der Waals surface area contributed by atoms with Crippen LogP contribution < -0.4 is 15.5 Å². The van der Waals surface area contributed by atoms with E-state index in [2.05, 4.69) is 22.8 Å². The van der Waals surface area contributed by atoms with Gasteiger partial charge in [0.2, 0.25) is 0 Å². The van der Waals surface area contributed by atoms with Crippen LogP contribution in [0.15, 0.2) is 71.3 Å². The van der Waals surface area contributed by atoms with E-state index < -0.39 is 0 Å². The largest absolute Gasteiger partial charge is 0.463 e. The number of amides is 1. The summed E-state index contributed by atoms with van der Waals surface area (Å²) in [4.78, 5) is 14.1. The van der Waals surface area contributed by atoms with Gasteiger partial charge in [0, 0.05) is 34.7 Å². The molecule has 1 atom stereocenters. The number of furan rings is 1. The maximum Gasteiger partial charge on any atom is 0.255 e. The molecule has 2 aromatic carbocycles. The number of anilines is 1. The van der Waals surface area contributed by atoms with Gasteiger partial charge in [0.1, 0.15) is 13.1 Å². The van der Waals surface area contributed by atoms with Crippen LogP contribution in [0.1, 0.15) is 40.6 Å².